The van der Waals surface area contributed by atoms with E-state index in [4.69, 9.17) is 14.4 Å². The Morgan fingerprint density at radius 2 is 1.63 bits per heavy atom. The zero-order valence-electron chi connectivity index (χ0n) is 16.5. The number of nitrogens with zero attached hydrogens (tertiary/aromatic N) is 2. The van der Waals surface area contributed by atoms with E-state index in [0.717, 1.165) is 50.0 Å². The number of benzene rings is 3. The number of hydrogen-bond donors (Lipinski definition) is 0. The topological polar surface area (TPSA) is 38.9 Å². The van der Waals surface area contributed by atoms with Crippen LogP contribution in [0.4, 0.5) is 0 Å². The maximum absolute atomic E-state index is 5.76. The number of furan rings is 1. The summed E-state index contributed by atoms with van der Waals surface area (Å²) in [5, 5.41) is 4.53. The first-order valence-corrected chi connectivity index (χ1v) is 10.00. The summed E-state index contributed by atoms with van der Waals surface area (Å²) in [6.07, 6.45) is 3.58. The number of aromatic nitrogens is 2. The minimum atomic E-state index is 0.820. The Labute approximate surface area is 173 Å². The second-order valence-corrected chi connectivity index (χ2v) is 7.57. The Hall–Kier alpha value is -3.98. The normalized spacial score (nSPS) is 11.5. The highest BCUT2D eigenvalue weighted by Gasteiger charge is 2.16. The van der Waals surface area contributed by atoms with E-state index in [9.17, 15) is 0 Å². The van der Waals surface area contributed by atoms with Gasteiger partial charge in [-0.05, 0) is 53.6 Å². The summed E-state index contributed by atoms with van der Waals surface area (Å²) in [4.78, 5) is 9.59. The molecule has 3 nitrogen and oxygen atoms in total. The molecule has 0 N–H and O–H groups in total. The van der Waals surface area contributed by atoms with Gasteiger partial charge in [0.15, 0.2) is 5.58 Å². The summed E-state index contributed by atoms with van der Waals surface area (Å²) >= 11 is 0. The fourth-order valence-electron chi connectivity index (χ4n) is 4.21. The van der Waals surface area contributed by atoms with Crippen molar-refractivity contribution in [2.24, 2.45) is 0 Å². The summed E-state index contributed by atoms with van der Waals surface area (Å²) in [5.74, 6) is 0. The zero-order chi connectivity index (χ0) is 20.1. The molecule has 0 amide bonds. The van der Waals surface area contributed by atoms with Crippen molar-refractivity contribution in [3.8, 4) is 22.4 Å². The van der Waals surface area contributed by atoms with Gasteiger partial charge in [0, 0.05) is 33.8 Å². The lowest BCUT2D eigenvalue weighted by Gasteiger charge is -2.13. The Kier molecular flexibility index (Phi) is 3.68. The molecule has 0 saturated heterocycles. The maximum atomic E-state index is 5.76. The van der Waals surface area contributed by atoms with E-state index >= 15 is 0 Å². The van der Waals surface area contributed by atoms with E-state index in [1.165, 1.54) is 10.8 Å². The first-order chi connectivity index (χ1) is 14.8. The summed E-state index contributed by atoms with van der Waals surface area (Å²) in [7, 11) is 0. The van der Waals surface area contributed by atoms with Crippen LogP contribution in [0.15, 0.2) is 95.7 Å². The Balaban J connectivity index is 1.66. The quantitative estimate of drug-likeness (QED) is 0.317. The molecule has 0 spiro atoms. The fraction of sp³-hybridized carbons (Fsp3) is 0.0370. The predicted molar refractivity (Wildman–Crippen MR) is 122 cm³/mol. The van der Waals surface area contributed by atoms with Crippen molar-refractivity contribution >= 4 is 32.6 Å². The Morgan fingerprint density at radius 1 is 0.733 bits per heavy atom. The average Bonchev–Trinajstić information content (AvgIpc) is 3.27. The van der Waals surface area contributed by atoms with Crippen LogP contribution in [0.3, 0.4) is 0 Å². The van der Waals surface area contributed by atoms with Gasteiger partial charge >= 0.3 is 0 Å². The molecule has 0 unspecified atom stereocenters. The summed E-state index contributed by atoms with van der Waals surface area (Å²) < 4.78 is 5.76. The number of aryl methyl sites for hydroxylation is 1. The third-order valence-corrected chi connectivity index (χ3v) is 5.66. The number of pyridine rings is 2. The van der Waals surface area contributed by atoms with Crippen molar-refractivity contribution in [1.82, 2.24) is 9.97 Å². The second kappa shape index (κ2) is 6.53. The molecular formula is C27H18N2O. The van der Waals surface area contributed by atoms with Crippen molar-refractivity contribution in [3.63, 3.8) is 0 Å². The van der Waals surface area contributed by atoms with Gasteiger partial charge < -0.3 is 4.42 Å². The van der Waals surface area contributed by atoms with Crippen LogP contribution in [0.2, 0.25) is 0 Å². The highest BCUT2D eigenvalue weighted by molar-refractivity contribution is 6.10. The smallest absolute Gasteiger partial charge is 0.160 e. The molecule has 3 aromatic heterocycles. The van der Waals surface area contributed by atoms with E-state index in [-0.39, 0.29) is 0 Å². The Bertz CT molecular complexity index is 1560. The van der Waals surface area contributed by atoms with Crippen LogP contribution in [0, 0.1) is 6.92 Å². The van der Waals surface area contributed by atoms with Gasteiger partial charge in [-0.2, -0.15) is 0 Å². The molecule has 6 rings (SSSR count). The van der Waals surface area contributed by atoms with E-state index in [1.807, 2.05) is 31.3 Å². The molecule has 0 bridgehead atoms. The minimum absolute atomic E-state index is 0.820. The molecule has 30 heavy (non-hydrogen) atoms. The molecule has 0 radical (unpaired) electrons. The molecule has 6 aromatic rings. The number of rotatable bonds is 2. The lowest BCUT2D eigenvalue weighted by atomic mass is 9.94. The lowest BCUT2D eigenvalue weighted by molar-refractivity contribution is 0.618. The molecule has 0 saturated carbocycles. The largest absolute Gasteiger partial charge is 0.462 e. The molecule has 3 heteroatoms. The Morgan fingerprint density at radius 3 is 2.57 bits per heavy atom. The van der Waals surface area contributed by atoms with Crippen LogP contribution in [0.1, 0.15) is 5.69 Å². The average molecular weight is 386 g/mol. The monoisotopic (exact) mass is 386 g/mol. The van der Waals surface area contributed by atoms with Crippen LogP contribution in [0.25, 0.3) is 55.0 Å². The number of fused-ring (bicyclic) bond motifs is 4. The van der Waals surface area contributed by atoms with Crippen LogP contribution < -0.4 is 0 Å². The predicted octanol–water partition coefficient (Wildman–Crippen LogP) is 7.17. The van der Waals surface area contributed by atoms with Gasteiger partial charge in [-0.15, -0.1) is 0 Å². The maximum Gasteiger partial charge on any atom is 0.160 e. The van der Waals surface area contributed by atoms with Gasteiger partial charge in [0.25, 0.3) is 0 Å². The molecule has 142 valence electrons. The van der Waals surface area contributed by atoms with Crippen LogP contribution >= 0.6 is 0 Å². The van der Waals surface area contributed by atoms with Gasteiger partial charge in [0.05, 0.1) is 12.0 Å². The second-order valence-electron chi connectivity index (χ2n) is 7.57. The van der Waals surface area contributed by atoms with Gasteiger partial charge in [-0.3, -0.25) is 4.98 Å². The lowest BCUT2D eigenvalue weighted by Crippen LogP contribution is -1.92. The van der Waals surface area contributed by atoms with E-state index in [0.29, 0.717) is 0 Å². The third kappa shape index (κ3) is 2.60. The van der Waals surface area contributed by atoms with Crippen molar-refractivity contribution < 1.29 is 4.42 Å². The van der Waals surface area contributed by atoms with Crippen molar-refractivity contribution in [1.29, 1.82) is 0 Å². The van der Waals surface area contributed by atoms with Gasteiger partial charge in [-0.1, -0.05) is 48.5 Å². The van der Waals surface area contributed by atoms with Crippen molar-refractivity contribution in [2.75, 3.05) is 0 Å². The molecule has 0 aliphatic rings. The molecule has 0 fully saturated rings. The van der Waals surface area contributed by atoms with Crippen LogP contribution in [-0.2, 0) is 0 Å². The standard InChI is InChI=1S/C27H18N2O/c1-17-8-11-23-24(16-21-12-14-30-27(21)26(23)29-17)25-22(7-4-13-28-25)20-10-9-18-5-2-3-6-19(18)15-20/h2-16H,1H3. The fourth-order valence-corrected chi connectivity index (χ4v) is 4.21. The molecule has 0 atom stereocenters. The van der Waals surface area contributed by atoms with Crippen molar-refractivity contribution in [3.05, 3.63) is 97.0 Å². The summed E-state index contributed by atoms with van der Waals surface area (Å²) in [6.45, 7) is 2.00. The molecule has 3 aromatic carbocycles. The minimum Gasteiger partial charge on any atom is -0.462 e. The molecule has 0 aliphatic carbocycles. The highest BCUT2D eigenvalue weighted by Crippen LogP contribution is 2.38. The van der Waals surface area contributed by atoms with Gasteiger partial charge in [0.2, 0.25) is 0 Å². The van der Waals surface area contributed by atoms with Crippen molar-refractivity contribution in [2.45, 2.75) is 6.92 Å². The summed E-state index contributed by atoms with van der Waals surface area (Å²) in [5.41, 5.74) is 6.93. The van der Waals surface area contributed by atoms with Crippen LogP contribution in [0.5, 0.6) is 0 Å². The SMILES string of the molecule is Cc1ccc2c(-c3ncccc3-c3ccc4ccccc4c3)cc3ccoc3c2n1. The van der Waals surface area contributed by atoms with Crippen LogP contribution in [-0.4, -0.2) is 9.97 Å². The van der Waals surface area contributed by atoms with E-state index in [2.05, 4.69) is 60.7 Å². The first kappa shape index (κ1) is 16.9. The van der Waals surface area contributed by atoms with Gasteiger partial charge in [0.1, 0.15) is 5.52 Å². The zero-order valence-corrected chi connectivity index (χ0v) is 16.5. The highest BCUT2D eigenvalue weighted by atomic mass is 16.3. The number of hydrogen-bond acceptors (Lipinski definition) is 3. The third-order valence-electron chi connectivity index (χ3n) is 5.66. The molecule has 3 heterocycles. The van der Waals surface area contributed by atoms with E-state index < -0.39 is 0 Å². The van der Waals surface area contributed by atoms with E-state index in [1.54, 1.807) is 6.26 Å². The molecule has 0 aliphatic heterocycles. The first-order valence-electron chi connectivity index (χ1n) is 10.00. The molecular weight excluding hydrogens is 368 g/mol. The van der Waals surface area contributed by atoms with Gasteiger partial charge in [-0.25, -0.2) is 4.98 Å². The summed E-state index contributed by atoms with van der Waals surface area (Å²) in [6, 6.07) is 27.4.